The highest BCUT2D eigenvalue weighted by molar-refractivity contribution is 4.52. The Kier molecular flexibility index (Phi) is 15.9. The van der Waals surface area contributed by atoms with Crippen molar-refractivity contribution in [1.82, 2.24) is 4.90 Å². The Labute approximate surface area is 121 Å². The normalized spacial score (nSPS) is 11.4. The van der Waals surface area contributed by atoms with Gasteiger partial charge in [0.2, 0.25) is 0 Å². The lowest BCUT2D eigenvalue weighted by Crippen LogP contribution is -2.24. The van der Waals surface area contributed by atoms with E-state index >= 15 is 0 Å². The molecule has 0 radical (unpaired) electrons. The predicted molar refractivity (Wildman–Crippen MR) is 85.8 cm³/mol. The molecule has 0 saturated carbocycles. The van der Waals surface area contributed by atoms with Crippen LogP contribution >= 0.6 is 0 Å². The monoisotopic (exact) mass is 271 g/mol. The van der Waals surface area contributed by atoms with Gasteiger partial charge < -0.3 is 9.64 Å². The smallest absolute Gasteiger partial charge is 0.0466 e. The van der Waals surface area contributed by atoms with Gasteiger partial charge in [-0.15, -0.1) is 0 Å². The average Bonchev–Trinajstić information content (AvgIpc) is 2.44. The van der Waals surface area contributed by atoms with Gasteiger partial charge in [0.15, 0.2) is 0 Å². The van der Waals surface area contributed by atoms with Crippen LogP contribution in [0.2, 0.25) is 0 Å². The summed E-state index contributed by atoms with van der Waals surface area (Å²) >= 11 is 0. The SMILES string of the molecule is CCCCCCCCCOCCCCN(CC)CC. The molecule has 19 heavy (non-hydrogen) atoms. The molecular weight excluding hydrogens is 234 g/mol. The third-order valence-electron chi connectivity index (χ3n) is 3.80. The molecule has 0 aromatic carbocycles. The van der Waals surface area contributed by atoms with Crippen LogP contribution in [0.15, 0.2) is 0 Å². The highest BCUT2D eigenvalue weighted by atomic mass is 16.5. The molecule has 0 fully saturated rings. The summed E-state index contributed by atoms with van der Waals surface area (Å²) in [6, 6.07) is 0. The van der Waals surface area contributed by atoms with E-state index in [1.165, 1.54) is 77.4 Å². The molecule has 0 atom stereocenters. The maximum Gasteiger partial charge on any atom is 0.0466 e. The van der Waals surface area contributed by atoms with Crippen molar-refractivity contribution in [2.45, 2.75) is 78.6 Å². The number of rotatable bonds is 15. The molecule has 0 aliphatic rings. The summed E-state index contributed by atoms with van der Waals surface area (Å²) in [6.45, 7) is 12.3. The molecular formula is C17H37NO. The standard InChI is InChI=1S/C17H37NO/c1-4-7-8-9-10-11-13-16-19-17-14-12-15-18(5-2)6-3/h4-17H2,1-3H3. The second-order valence-electron chi connectivity index (χ2n) is 5.47. The molecule has 0 aliphatic heterocycles. The Bertz CT molecular complexity index is 157. The van der Waals surface area contributed by atoms with Gasteiger partial charge in [-0.25, -0.2) is 0 Å². The lowest BCUT2D eigenvalue weighted by atomic mass is 10.1. The van der Waals surface area contributed by atoms with E-state index < -0.39 is 0 Å². The summed E-state index contributed by atoms with van der Waals surface area (Å²) in [6.07, 6.45) is 12.1. The van der Waals surface area contributed by atoms with E-state index in [9.17, 15) is 0 Å². The molecule has 0 bridgehead atoms. The van der Waals surface area contributed by atoms with Gasteiger partial charge in [0, 0.05) is 13.2 Å². The fourth-order valence-corrected chi connectivity index (χ4v) is 2.34. The molecule has 0 saturated heterocycles. The molecule has 2 nitrogen and oxygen atoms in total. The lowest BCUT2D eigenvalue weighted by Gasteiger charge is -2.17. The van der Waals surface area contributed by atoms with Crippen molar-refractivity contribution in [3.63, 3.8) is 0 Å². The Hall–Kier alpha value is -0.0800. The molecule has 116 valence electrons. The summed E-state index contributed by atoms with van der Waals surface area (Å²) in [4.78, 5) is 2.48. The molecule has 0 amide bonds. The van der Waals surface area contributed by atoms with Gasteiger partial charge in [-0.2, -0.15) is 0 Å². The fourth-order valence-electron chi connectivity index (χ4n) is 2.34. The van der Waals surface area contributed by atoms with E-state index in [4.69, 9.17) is 4.74 Å². The number of hydrogen-bond donors (Lipinski definition) is 0. The van der Waals surface area contributed by atoms with E-state index in [0.717, 1.165) is 13.2 Å². The third kappa shape index (κ3) is 14.1. The van der Waals surface area contributed by atoms with Gasteiger partial charge in [-0.3, -0.25) is 0 Å². The maximum absolute atomic E-state index is 5.69. The van der Waals surface area contributed by atoms with E-state index in [0.29, 0.717) is 0 Å². The van der Waals surface area contributed by atoms with Crippen LogP contribution in [0.5, 0.6) is 0 Å². The van der Waals surface area contributed by atoms with Crippen molar-refractivity contribution in [3.05, 3.63) is 0 Å². The van der Waals surface area contributed by atoms with Crippen molar-refractivity contribution in [1.29, 1.82) is 0 Å². The van der Waals surface area contributed by atoms with Crippen molar-refractivity contribution in [2.24, 2.45) is 0 Å². The van der Waals surface area contributed by atoms with Crippen LogP contribution < -0.4 is 0 Å². The first-order valence-corrected chi connectivity index (χ1v) is 8.65. The first-order valence-electron chi connectivity index (χ1n) is 8.65. The second-order valence-corrected chi connectivity index (χ2v) is 5.47. The van der Waals surface area contributed by atoms with Crippen molar-refractivity contribution < 1.29 is 4.74 Å². The van der Waals surface area contributed by atoms with Gasteiger partial charge in [-0.1, -0.05) is 59.3 Å². The summed E-state index contributed by atoms with van der Waals surface area (Å²) < 4.78 is 5.69. The Morgan fingerprint density at radius 1 is 0.632 bits per heavy atom. The predicted octanol–water partition coefficient (Wildman–Crippen LogP) is 4.88. The quantitative estimate of drug-likeness (QED) is 0.394. The van der Waals surface area contributed by atoms with Gasteiger partial charge in [-0.05, 0) is 38.9 Å². The number of hydrogen-bond acceptors (Lipinski definition) is 2. The fraction of sp³-hybridized carbons (Fsp3) is 1.00. The van der Waals surface area contributed by atoms with Crippen LogP contribution in [0.25, 0.3) is 0 Å². The van der Waals surface area contributed by atoms with Crippen LogP contribution in [-0.2, 0) is 4.74 Å². The van der Waals surface area contributed by atoms with Crippen LogP contribution in [-0.4, -0.2) is 37.7 Å². The molecule has 0 aliphatic carbocycles. The van der Waals surface area contributed by atoms with E-state index in [1.807, 2.05) is 0 Å². The summed E-state index contributed by atoms with van der Waals surface area (Å²) in [7, 11) is 0. The van der Waals surface area contributed by atoms with E-state index in [-0.39, 0.29) is 0 Å². The third-order valence-corrected chi connectivity index (χ3v) is 3.80. The summed E-state index contributed by atoms with van der Waals surface area (Å²) in [5.74, 6) is 0. The summed E-state index contributed by atoms with van der Waals surface area (Å²) in [5.41, 5.74) is 0. The second kappa shape index (κ2) is 16.0. The van der Waals surface area contributed by atoms with E-state index in [1.54, 1.807) is 0 Å². The minimum absolute atomic E-state index is 0.955. The summed E-state index contributed by atoms with van der Waals surface area (Å²) in [5, 5.41) is 0. The average molecular weight is 271 g/mol. The highest BCUT2D eigenvalue weighted by Gasteiger charge is 1.98. The lowest BCUT2D eigenvalue weighted by molar-refractivity contribution is 0.123. The van der Waals surface area contributed by atoms with Crippen LogP contribution in [0.3, 0.4) is 0 Å². The molecule has 0 unspecified atom stereocenters. The largest absolute Gasteiger partial charge is 0.381 e. The molecule has 0 heterocycles. The van der Waals surface area contributed by atoms with Crippen LogP contribution in [0.1, 0.15) is 78.6 Å². The van der Waals surface area contributed by atoms with Gasteiger partial charge in [0.05, 0.1) is 0 Å². The minimum atomic E-state index is 0.955. The van der Waals surface area contributed by atoms with Crippen molar-refractivity contribution in [2.75, 3.05) is 32.8 Å². The number of unbranched alkanes of at least 4 members (excludes halogenated alkanes) is 7. The molecule has 0 aromatic heterocycles. The molecule has 0 N–H and O–H groups in total. The molecule has 0 aromatic rings. The Balaban J connectivity index is 3.02. The zero-order valence-electron chi connectivity index (χ0n) is 13.8. The van der Waals surface area contributed by atoms with Gasteiger partial charge in [0.25, 0.3) is 0 Å². The minimum Gasteiger partial charge on any atom is -0.381 e. The Morgan fingerprint density at radius 3 is 1.74 bits per heavy atom. The number of ether oxygens (including phenoxy) is 1. The maximum atomic E-state index is 5.69. The first kappa shape index (κ1) is 18.9. The zero-order chi connectivity index (χ0) is 14.2. The van der Waals surface area contributed by atoms with Crippen molar-refractivity contribution in [3.8, 4) is 0 Å². The highest BCUT2D eigenvalue weighted by Crippen LogP contribution is 2.07. The zero-order valence-corrected chi connectivity index (χ0v) is 13.8. The Morgan fingerprint density at radius 2 is 1.16 bits per heavy atom. The van der Waals surface area contributed by atoms with Crippen LogP contribution in [0, 0.1) is 0 Å². The molecule has 0 rings (SSSR count). The molecule has 2 heteroatoms. The topological polar surface area (TPSA) is 12.5 Å². The first-order chi connectivity index (χ1) is 9.35. The molecule has 0 spiro atoms. The number of nitrogens with zero attached hydrogens (tertiary/aromatic N) is 1. The van der Waals surface area contributed by atoms with Crippen LogP contribution in [0.4, 0.5) is 0 Å². The van der Waals surface area contributed by atoms with Crippen molar-refractivity contribution >= 4 is 0 Å². The van der Waals surface area contributed by atoms with E-state index in [2.05, 4.69) is 25.7 Å². The van der Waals surface area contributed by atoms with Gasteiger partial charge >= 0.3 is 0 Å². The van der Waals surface area contributed by atoms with Gasteiger partial charge in [0.1, 0.15) is 0 Å².